The van der Waals surface area contributed by atoms with Gasteiger partial charge in [-0.1, -0.05) is 5.16 Å². The van der Waals surface area contributed by atoms with Crippen molar-refractivity contribution in [3.05, 3.63) is 21.7 Å². The third kappa shape index (κ3) is 1.85. The highest BCUT2D eigenvalue weighted by molar-refractivity contribution is 9.10. The van der Waals surface area contributed by atoms with Crippen LogP contribution in [0.2, 0.25) is 0 Å². The van der Waals surface area contributed by atoms with Crippen LogP contribution in [0.1, 0.15) is 25.0 Å². The maximum Gasteiger partial charge on any atom is 0.222 e. The Morgan fingerprint density at radius 3 is 2.48 bits per heavy atom. The summed E-state index contributed by atoms with van der Waals surface area (Å²) in [6, 6.07) is 1.74. The molecule has 2 aromatic rings. The molecular weight excluding hydrogens is 336 g/mol. The summed E-state index contributed by atoms with van der Waals surface area (Å²) in [4.78, 5) is 0. The topological polar surface area (TPSA) is 70.5 Å². The van der Waals surface area contributed by atoms with E-state index in [0.717, 1.165) is 45.5 Å². The zero-order valence-corrected chi connectivity index (χ0v) is 13.4. The third-order valence-electron chi connectivity index (χ3n) is 3.95. The number of ether oxygens (including phenoxy) is 2. The number of nitrogen functional groups attached to an aromatic ring is 1. The molecule has 0 aliphatic carbocycles. The van der Waals surface area contributed by atoms with Crippen LogP contribution in [0.3, 0.4) is 0 Å². The zero-order valence-electron chi connectivity index (χ0n) is 11.8. The van der Waals surface area contributed by atoms with Crippen molar-refractivity contribution in [2.75, 3.05) is 5.73 Å². The predicted octanol–water partition coefficient (Wildman–Crippen LogP) is 3.33. The second-order valence-corrected chi connectivity index (χ2v) is 6.48. The van der Waals surface area contributed by atoms with E-state index in [1.165, 1.54) is 0 Å². The maximum absolute atomic E-state index is 6.03. The molecule has 0 bridgehead atoms. The van der Waals surface area contributed by atoms with Crippen LogP contribution in [0.15, 0.2) is 15.1 Å². The van der Waals surface area contributed by atoms with E-state index in [1.54, 1.807) is 6.07 Å². The van der Waals surface area contributed by atoms with Gasteiger partial charge in [0.1, 0.15) is 29.4 Å². The van der Waals surface area contributed by atoms with Crippen LogP contribution in [0.5, 0.6) is 11.5 Å². The summed E-state index contributed by atoms with van der Waals surface area (Å²) in [7, 11) is 0. The van der Waals surface area contributed by atoms with E-state index < -0.39 is 0 Å². The summed E-state index contributed by atoms with van der Waals surface area (Å²) < 4.78 is 18.1. The van der Waals surface area contributed by atoms with Gasteiger partial charge in [-0.15, -0.1) is 0 Å². The molecule has 110 valence electrons. The van der Waals surface area contributed by atoms with Gasteiger partial charge in [-0.25, -0.2) is 0 Å². The Hall–Kier alpha value is -1.69. The van der Waals surface area contributed by atoms with Gasteiger partial charge < -0.3 is 19.7 Å². The van der Waals surface area contributed by atoms with Crippen molar-refractivity contribution in [3.8, 4) is 22.8 Å². The number of fused-ring (bicyclic) bond motifs is 2. The number of aromatic nitrogens is 1. The molecule has 0 radical (unpaired) electrons. The van der Waals surface area contributed by atoms with Crippen LogP contribution in [-0.4, -0.2) is 17.4 Å². The van der Waals surface area contributed by atoms with Gasteiger partial charge in [0.2, 0.25) is 5.88 Å². The number of rotatable bonds is 1. The Bertz CT molecular complexity index is 702. The molecule has 2 aliphatic rings. The molecule has 3 heterocycles. The van der Waals surface area contributed by atoms with Crippen molar-refractivity contribution in [1.82, 2.24) is 5.16 Å². The van der Waals surface area contributed by atoms with E-state index in [1.807, 2.05) is 0 Å². The van der Waals surface area contributed by atoms with Crippen molar-refractivity contribution in [3.63, 3.8) is 0 Å². The van der Waals surface area contributed by atoms with E-state index in [-0.39, 0.29) is 12.2 Å². The molecule has 0 amide bonds. The van der Waals surface area contributed by atoms with Gasteiger partial charge in [0.05, 0.1) is 10.0 Å². The van der Waals surface area contributed by atoms with Crippen molar-refractivity contribution in [2.24, 2.45) is 0 Å². The molecule has 0 fully saturated rings. The number of halogens is 1. The van der Waals surface area contributed by atoms with Crippen LogP contribution < -0.4 is 15.2 Å². The second-order valence-electron chi connectivity index (χ2n) is 5.68. The molecular formula is C15H15BrN2O3. The number of nitrogens with two attached hydrogens (primary N) is 1. The summed E-state index contributed by atoms with van der Waals surface area (Å²) in [6.45, 7) is 4.12. The highest BCUT2D eigenvalue weighted by Crippen LogP contribution is 2.52. The fourth-order valence-corrected chi connectivity index (χ4v) is 3.81. The monoisotopic (exact) mass is 350 g/mol. The molecule has 0 saturated heterocycles. The fraction of sp³-hybridized carbons (Fsp3) is 0.400. The summed E-state index contributed by atoms with van der Waals surface area (Å²) in [6.07, 6.45) is 1.95. The predicted molar refractivity (Wildman–Crippen MR) is 81.6 cm³/mol. The molecule has 1 aromatic heterocycles. The first-order valence-corrected chi connectivity index (χ1v) is 7.77. The highest BCUT2D eigenvalue weighted by Gasteiger charge is 2.36. The molecule has 2 N–H and O–H groups in total. The molecule has 0 saturated carbocycles. The van der Waals surface area contributed by atoms with Crippen LogP contribution >= 0.6 is 15.9 Å². The number of benzene rings is 1. The molecule has 2 aliphatic heterocycles. The first-order chi connectivity index (χ1) is 10.0. The average molecular weight is 351 g/mol. The van der Waals surface area contributed by atoms with Crippen molar-refractivity contribution >= 4 is 21.8 Å². The van der Waals surface area contributed by atoms with Crippen LogP contribution in [0.4, 0.5) is 5.88 Å². The minimum absolute atomic E-state index is 0.138. The molecule has 6 heteroatoms. The molecule has 2 atom stereocenters. The Kier molecular flexibility index (Phi) is 2.73. The summed E-state index contributed by atoms with van der Waals surface area (Å²) in [5.74, 6) is 2.07. The average Bonchev–Trinajstić information content (AvgIpc) is 3.09. The molecule has 0 spiro atoms. The van der Waals surface area contributed by atoms with Crippen LogP contribution in [0, 0.1) is 0 Å². The Labute approximate surface area is 130 Å². The van der Waals surface area contributed by atoms with Gasteiger partial charge in [0.25, 0.3) is 0 Å². The Morgan fingerprint density at radius 1 is 1.14 bits per heavy atom. The maximum atomic E-state index is 6.03. The molecule has 21 heavy (non-hydrogen) atoms. The van der Waals surface area contributed by atoms with Gasteiger partial charge in [-0.05, 0) is 29.8 Å². The van der Waals surface area contributed by atoms with Gasteiger partial charge in [0.15, 0.2) is 0 Å². The van der Waals surface area contributed by atoms with E-state index in [9.17, 15) is 0 Å². The second kappa shape index (κ2) is 4.40. The highest BCUT2D eigenvalue weighted by atomic mass is 79.9. The normalized spacial score (nSPS) is 22.6. The molecule has 2 unspecified atom stereocenters. The summed E-state index contributed by atoms with van der Waals surface area (Å²) >= 11 is 3.68. The lowest BCUT2D eigenvalue weighted by molar-refractivity contribution is 0.252. The number of hydrogen-bond acceptors (Lipinski definition) is 5. The molecule has 4 rings (SSSR count). The lowest BCUT2D eigenvalue weighted by Gasteiger charge is -2.13. The Balaban J connectivity index is 2.02. The number of hydrogen-bond donors (Lipinski definition) is 1. The smallest absolute Gasteiger partial charge is 0.222 e. The minimum atomic E-state index is 0.138. The molecule has 1 aromatic carbocycles. The zero-order chi connectivity index (χ0) is 14.7. The van der Waals surface area contributed by atoms with Gasteiger partial charge >= 0.3 is 0 Å². The first kappa shape index (κ1) is 13.0. The van der Waals surface area contributed by atoms with Crippen molar-refractivity contribution in [1.29, 1.82) is 0 Å². The third-order valence-corrected chi connectivity index (χ3v) is 4.79. The number of nitrogens with zero attached hydrogens (tertiary/aromatic N) is 1. The van der Waals surface area contributed by atoms with Gasteiger partial charge in [0, 0.05) is 30.0 Å². The van der Waals surface area contributed by atoms with Crippen molar-refractivity contribution in [2.45, 2.75) is 38.9 Å². The SMILES string of the molecule is CC1Cc2c(c(Br)c3c(c2-c2cc(N)on2)OC(C)C3)O1. The van der Waals surface area contributed by atoms with Gasteiger partial charge in [-0.3, -0.25) is 0 Å². The summed E-state index contributed by atoms with van der Waals surface area (Å²) in [5.41, 5.74) is 9.58. The lowest BCUT2D eigenvalue weighted by atomic mass is 9.96. The lowest BCUT2D eigenvalue weighted by Crippen LogP contribution is -2.07. The number of anilines is 1. The standard InChI is InChI=1S/C15H15BrN2O3/c1-6-3-8-12(10-5-11(17)21-18-10)14-9(4-7(2)19-14)13(16)15(8)20-6/h5-7H,3-4,17H2,1-2H3. The largest absolute Gasteiger partial charge is 0.489 e. The van der Waals surface area contributed by atoms with Crippen LogP contribution in [-0.2, 0) is 12.8 Å². The van der Waals surface area contributed by atoms with E-state index in [2.05, 4.69) is 34.9 Å². The molecule has 5 nitrogen and oxygen atoms in total. The fourth-order valence-electron chi connectivity index (χ4n) is 3.14. The van der Waals surface area contributed by atoms with Crippen molar-refractivity contribution < 1.29 is 14.0 Å². The van der Waals surface area contributed by atoms with Gasteiger partial charge in [-0.2, -0.15) is 0 Å². The summed E-state index contributed by atoms with van der Waals surface area (Å²) in [5, 5.41) is 4.07. The first-order valence-electron chi connectivity index (χ1n) is 6.97. The van der Waals surface area contributed by atoms with E-state index in [0.29, 0.717) is 11.6 Å². The van der Waals surface area contributed by atoms with Crippen LogP contribution in [0.25, 0.3) is 11.3 Å². The minimum Gasteiger partial charge on any atom is -0.489 e. The quantitative estimate of drug-likeness (QED) is 0.853. The van der Waals surface area contributed by atoms with E-state index in [4.69, 9.17) is 19.7 Å². The van der Waals surface area contributed by atoms with E-state index >= 15 is 0 Å². The Morgan fingerprint density at radius 2 is 1.81 bits per heavy atom.